The number of carboxylic acids is 1. The molecule has 20 heavy (non-hydrogen) atoms. The summed E-state index contributed by atoms with van der Waals surface area (Å²) in [5.41, 5.74) is -1.40. The van der Waals surface area contributed by atoms with E-state index >= 15 is 0 Å². The van der Waals surface area contributed by atoms with Crippen LogP contribution in [0.1, 0.15) is 27.6 Å². The zero-order chi connectivity index (χ0) is 15.1. The van der Waals surface area contributed by atoms with Crippen molar-refractivity contribution in [3.63, 3.8) is 0 Å². The summed E-state index contributed by atoms with van der Waals surface area (Å²) >= 11 is 0. The quantitative estimate of drug-likeness (QED) is 0.932. The van der Waals surface area contributed by atoms with Crippen LogP contribution in [-0.2, 0) is 19.8 Å². The number of hydrogen-bond acceptors (Lipinski definition) is 3. The molecule has 1 N–H and O–H groups in total. The van der Waals surface area contributed by atoms with Crippen molar-refractivity contribution in [3.05, 3.63) is 35.2 Å². The third-order valence-corrected chi connectivity index (χ3v) is 2.73. The topological polar surface area (TPSA) is 72.9 Å². The minimum absolute atomic E-state index is 0.0424. The second-order valence-corrected chi connectivity index (χ2v) is 4.28. The van der Waals surface area contributed by atoms with E-state index < -0.39 is 23.5 Å². The summed E-state index contributed by atoms with van der Waals surface area (Å²) in [7, 11) is 1.57. The first-order valence-corrected chi connectivity index (χ1v) is 5.55. The number of hydrogen-bond donors (Lipinski definition) is 1. The lowest BCUT2D eigenvalue weighted by atomic mass is 10.2. The van der Waals surface area contributed by atoms with E-state index in [1.54, 1.807) is 7.05 Å². The molecule has 2 aromatic heterocycles. The lowest BCUT2D eigenvalue weighted by molar-refractivity contribution is -0.143. The molecule has 0 fully saturated rings. The molecule has 0 saturated heterocycles. The molecule has 108 valence electrons. The average molecular weight is 288 g/mol. The van der Waals surface area contributed by atoms with Crippen LogP contribution in [0.25, 0.3) is 0 Å². The number of aromatic nitrogens is 4. The van der Waals surface area contributed by atoms with Crippen LogP contribution in [-0.4, -0.2) is 30.4 Å². The van der Waals surface area contributed by atoms with Gasteiger partial charge in [-0.15, -0.1) is 0 Å². The number of carboxylic acid groups (broad SMARTS) is 1. The first-order chi connectivity index (χ1) is 9.20. The third-order valence-electron chi connectivity index (χ3n) is 2.73. The van der Waals surface area contributed by atoms with Crippen LogP contribution in [0.4, 0.5) is 13.2 Å². The van der Waals surface area contributed by atoms with E-state index in [9.17, 15) is 18.0 Å². The van der Waals surface area contributed by atoms with Gasteiger partial charge >= 0.3 is 12.1 Å². The molecule has 9 heteroatoms. The summed E-state index contributed by atoms with van der Waals surface area (Å²) in [6.07, 6.45) is -3.31. The summed E-state index contributed by atoms with van der Waals surface area (Å²) in [4.78, 5) is 15.0. The van der Waals surface area contributed by atoms with Crippen LogP contribution in [0.2, 0.25) is 0 Å². The monoisotopic (exact) mass is 288 g/mol. The molecule has 2 aromatic rings. The third kappa shape index (κ3) is 2.51. The fraction of sp³-hybridized carbons (Fsp3) is 0.364. The Morgan fingerprint density at radius 3 is 2.55 bits per heavy atom. The predicted octanol–water partition coefficient (Wildman–Crippen LogP) is 1.69. The predicted molar refractivity (Wildman–Crippen MR) is 61.2 cm³/mol. The number of nitrogens with zero attached hydrogens (tertiary/aromatic N) is 4. The molecule has 0 spiro atoms. The van der Waals surface area contributed by atoms with Crippen molar-refractivity contribution in [1.29, 1.82) is 0 Å². The molecule has 0 aliphatic carbocycles. The first kappa shape index (κ1) is 14.1. The molecule has 0 bridgehead atoms. The molecule has 0 radical (unpaired) electrons. The second-order valence-electron chi connectivity index (χ2n) is 4.28. The molecular formula is C11H11F3N4O2. The highest BCUT2D eigenvalue weighted by molar-refractivity contribution is 5.88. The molecule has 2 heterocycles. The highest BCUT2D eigenvalue weighted by atomic mass is 19.4. The largest absolute Gasteiger partial charge is 0.477 e. The van der Waals surface area contributed by atoms with Crippen molar-refractivity contribution >= 4 is 5.97 Å². The Bertz CT molecular complexity index is 657. The van der Waals surface area contributed by atoms with Gasteiger partial charge in [-0.05, 0) is 18.6 Å². The number of rotatable bonds is 3. The van der Waals surface area contributed by atoms with E-state index in [-0.39, 0.29) is 17.9 Å². The van der Waals surface area contributed by atoms with E-state index in [1.165, 1.54) is 17.9 Å². The van der Waals surface area contributed by atoms with Crippen molar-refractivity contribution in [2.75, 3.05) is 0 Å². The minimum atomic E-state index is -4.65. The zero-order valence-corrected chi connectivity index (χ0v) is 10.6. The molecule has 6 nitrogen and oxygen atoms in total. The maximum atomic E-state index is 13.0. The number of carbonyl (C=O) groups is 1. The fourth-order valence-electron chi connectivity index (χ4n) is 1.97. The minimum Gasteiger partial charge on any atom is -0.477 e. The highest BCUT2D eigenvalue weighted by Crippen LogP contribution is 2.33. The van der Waals surface area contributed by atoms with Gasteiger partial charge < -0.3 is 9.67 Å². The van der Waals surface area contributed by atoms with E-state index in [1.807, 2.05) is 0 Å². The molecule has 0 atom stereocenters. The van der Waals surface area contributed by atoms with Gasteiger partial charge in [0.05, 0.1) is 6.54 Å². The fourth-order valence-corrected chi connectivity index (χ4v) is 1.97. The van der Waals surface area contributed by atoms with Gasteiger partial charge in [0.1, 0.15) is 17.7 Å². The Morgan fingerprint density at radius 2 is 2.10 bits per heavy atom. The van der Waals surface area contributed by atoms with Gasteiger partial charge in [0, 0.05) is 7.05 Å². The molecule has 0 saturated carbocycles. The SMILES string of the molecule is Cc1cc(C(F)(F)F)n(Cc2ncn(C)n2)c1C(=O)O. The Labute approximate surface area is 111 Å². The normalized spacial score (nSPS) is 11.8. The Balaban J connectivity index is 2.55. The van der Waals surface area contributed by atoms with Gasteiger partial charge in [-0.3, -0.25) is 4.68 Å². The van der Waals surface area contributed by atoms with Gasteiger partial charge in [0.15, 0.2) is 5.82 Å². The van der Waals surface area contributed by atoms with E-state index in [2.05, 4.69) is 10.1 Å². The molecule has 0 aromatic carbocycles. The Hall–Kier alpha value is -2.32. The molecule has 2 rings (SSSR count). The van der Waals surface area contributed by atoms with Gasteiger partial charge in [-0.2, -0.15) is 18.3 Å². The van der Waals surface area contributed by atoms with Crippen molar-refractivity contribution in [2.24, 2.45) is 7.05 Å². The number of aryl methyl sites for hydroxylation is 2. The molecule has 0 amide bonds. The second kappa shape index (κ2) is 4.66. The lowest BCUT2D eigenvalue weighted by Gasteiger charge is -2.12. The molecular weight excluding hydrogens is 277 g/mol. The van der Waals surface area contributed by atoms with Crippen molar-refractivity contribution in [1.82, 2.24) is 19.3 Å². The van der Waals surface area contributed by atoms with E-state index in [0.717, 1.165) is 6.07 Å². The maximum Gasteiger partial charge on any atom is 0.431 e. The summed E-state index contributed by atoms with van der Waals surface area (Å²) in [5.74, 6) is -1.31. The zero-order valence-electron chi connectivity index (χ0n) is 10.6. The molecule has 0 aliphatic heterocycles. The smallest absolute Gasteiger partial charge is 0.431 e. The molecule has 0 aliphatic rings. The van der Waals surface area contributed by atoms with Gasteiger partial charge in [0.25, 0.3) is 0 Å². The van der Waals surface area contributed by atoms with Gasteiger partial charge in [-0.25, -0.2) is 9.78 Å². The standard InChI is InChI=1S/C11H11F3N4O2/c1-6-3-7(11(12,13)14)18(9(6)10(19)20)4-8-15-5-17(2)16-8/h3,5H,4H2,1-2H3,(H,19,20). The van der Waals surface area contributed by atoms with Gasteiger partial charge in [0.2, 0.25) is 0 Å². The number of alkyl halides is 3. The number of aromatic carboxylic acids is 1. The van der Waals surface area contributed by atoms with Crippen molar-refractivity contribution < 1.29 is 23.1 Å². The first-order valence-electron chi connectivity index (χ1n) is 5.55. The summed E-state index contributed by atoms with van der Waals surface area (Å²) in [5, 5.41) is 12.9. The Morgan fingerprint density at radius 1 is 1.45 bits per heavy atom. The maximum absolute atomic E-state index is 13.0. The Kier molecular flexibility index (Phi) is 3.28. The van der Waals surface area contributed by atoms with E-state index in [4.69, 9.17) is 5.11 Å². The average Bonchev–Trinajstić information content (AvgIpc) is 2.82. The van der Waals surface area contributed by atoms with Gasteiger partial charge in [-0.1, -0.05) is 0 Å². The highest BCUT2D eigenvalue weighted by Gasteiger charge is 2.37. The lowest BCUT2D eigenvalue weighted by Crippen LogP contribution is -2.19. The van der Waals surface area contributed by atoms with Crippen LogP contribution in [0.3, 0.4) is 0 Å². The summed E-state index contributed by atoms with van der Waals surface area (Å²) in [6, 6.07) is 0.812. The van der Waals surface area contributed by atoms with E-state index in [0.29, 0.717) is 4.57 Å². The van der Waals surface area contributed by atoms with Crippen molar-refractivity contribution in [2.45, 2.75) is 19.6 Å². The van der Waals surface area contributed by atoms with Crippen LogP contribution < -0.4 is 0 Å². The van der Waals surface area contributed by atoms with Crippen LogP contribution in [0.5, 0.6) is 0 Å². The van der Waals surface area contributed by atoms with Crippen LogP contribution >= 0.6 is 0 Å². The van der Waals surface area contributed by atoms with Crippen LogP contribution in [0, 0.1) is 6.92 Å². The van der Waals surface area contributed by atoms with Crippen molar-refractivity contribution in [3.8, 4) is 0 Å². The summed E-state index contributed by atoms with van der Waals surface area (Å²) < 4.78 is 40.9. The number of halogens is 3. The molecule has 0 unspecified atom stereocenters. The van der Waals surface area contributed by atoms with Crippen LogP contribution in [0.15, 0.2) is 12.4 Å². The summed E-state index contributed by atoms with van der Waals surface area (Å²) in [6.45, 7) is 0.964.